The molecular formula is C17H15N3O2S3. The SMILES string of the molecule is O=C(Nc1nc(CC(=O)N2CCc3sccc3C2)cs1)c1cccs1. The minimum absolute atomic E-state index is 0.0817. The number of nitrogens with zero attached hydrogens (tertiary/aromatic N) is 2. The van der Waals surface area contributed by atoms with Crippen LogP contribution in [0.5, 0.6) is 0 Å². The van der Waals surface area contributed by atoms with Gasteiger partial charge in [0.15, 0.2) is 5.13 Å². The van der Waals surface area contributed by atoms with Crippen molar-refractivity contribution in [3.63, 3.8) is 0 Å². The van der Waals surface area contributed by atoms with Crippen LogP contribution in [0.3, 0.4) is 0 Å². The van der Waals surface area contributed by atoms with Gasteiger partial charge in [0.25, 0.3) is 5.91 Å². The molecule has 0 aliphatic carbocycles. The number of fused-ring (bicyclic) bond motifs is 1. The van der Waals surface area contributed by atoms with E-state index >= 15 is 0 Å². The number of anilines is 1. The van der Waals surface area contributed by atoms with Crippen molar-refractivity contribution >= 4 is 51.0 Å². The predicted octanol–water partition coefficient (Wildman–Crippen LogP) is 3.65. The summed E-state index contributed by atoms with van der Waals surface area (Å²) < 4.78 is 0. The quantitative estimate of drug-likeness (QED) is 0.741. The summed E-state index contributed by atoms with van der Waals surface area (Å²) in [5.74, 6) is -0.0819. The molecule has 0 fully saturated rings. The molecule has 0 aromatic carbocycles. The number of aromatic nitrogens is 1. The second kappa shape index (κ2) is 7.07. The minimum atomic E-state index is -0.164. The van der Waals surface area contributed by atoms with Gasteiger partial charge in [-0.1, -0.05) is 6.07 Å². The number of nitrogens with one attached hydrogen (secondary N) is 1. The van der Waals surface area contributed by atoms with Gasteiger partial charge in [-0.25, -0.2) is 4.98 Å². The Morgan fingerprint density at radius 2 is 2.12 bits per heavy atom. The van der Waals surface area contributed by atoms with Crippen molar-refractivity contribution in [1.29, 1.82) is 0 Å². The maximum absolute atomic E-state index is 12.5. The van der Waals surface area contributed by atoms with Gasteiger partial charge in [0.1, 0.15) is 0 Å². The Hall–Kier alpha value is -2.03. The molecule has 1 N–H and O–H groups in total. The number of hydrogen-bond acceptors (Lipinski definition) is 6. The van der Waals surface area contributed by atoms with E-state index in [1.165, 1.54) is 33.1 Å². The summed E-state index contributed by atoms with van der Waals surface area (Å²) in [5.41, 5.74) is 1.96. The van der Waals surface area contributed by atoms with E-state index in [2.05, 4.69) is 21.7 Å². The lowest BCUT2D eigenvalue weighted by molar-refractivity contribution is -0.131. The molecule has 1 aliphatic rings. The molecule has 0 unspecified atom stereocenters. The lowest BCUT2D eigenvalue weighted by Gasteiger charge is -2.26. The Labute approximate surface area is 157 Å². The van der Waals surface area contributed by atoms with Gasteiger partial charge in [0.2, 0.25) is 5.91 Å². The molecule has 3 aromatic heterocycles. The van der Waals surface area contributed by atoms with Crippen molar-refractivity contribution in [2.24, 2.45) is 0 Å². The molecule has 0 saturated heterocycles. The van der Waals surface area contributed by atoms with E-state index in [1.807, 2.05) is 21.7 Å². The van der Waals surface area contributed by atoms with E-state index in [0.717, 1.165) is 13.0 Å². The smallest absolute Gasteiger partial charge is 0.267 e. The van der Waals surface area contributed by atoms with Crippen molar-refractivity contribution in [2.45, 2.75) is 19.4 Å². The molecule has 2 amide bonds. The van der Waals surface area contributed by atoms with Crippen LogP contribution in [-0.2, 0) is 24.2 Å². The fourth-order valence-electron chi connectivity index (χ4n) is 2.74. The number of thiazole rings is 1. The number of carbonyl (C=O) groups is 2. The van der Waals surface area contributed by atoms with Crippen LogP contribution in [0.25, 0.3) is 0 Å². The van der Waals surface area contributed by atoms with Gasteiger partial charge in [0.05, 0.1) is 17.0 Å². The lowest BCUT2D eigenvalue weighted by Crippen LogP contribution is -2.36. The van der Waals surface area contributed by atoms with Gasteiger partial charge >= 0.3 is 0 Å². The number of carbonyl (C=O) groups excluding carboxylic acids is 2. The van der Waals surface area contributed by atoms with Crippen molar-refractivity contribution in [1.82, 2.24) is 9.88 Å². The molecule has 5 nitrogen and oxygen atoms in total. The fraction of sp³-hybridized carbons (Fsp3) is 0.235. The second-order valence-electron chi connectivity index (χ2n) is 5.69. The second-order valence-corrected chi connectivity index (χ2v) is 8.49. The normalized spacial score (nSPS) is 13.5. The number of amides is 2. The van der Waals surface area contributed by atoms with Crippen molar-refractivity contribution < 1.29 is 9.59 Å². The standard InChI is InChI=1S/C17H15N3O2S3/c21-15(20-5-3-13-11(9-20)4-7-24-13)8-12-10-25-17(18-12)19-16(22)14-2-1-6-23-14/h1-2,4,6-7,10H,3,5,8-9H2,(H,18,19,22). The van der Waals surface area contributed by atoms with Gasteiger partial charge in [-0.3, -0.25) is 14.9 Å². The number of hydrogen-bond donors (Lipinski definition) is 1. The summed E-state index contributed by atoms with van der Waals surface area (Å²) in [6, 6.07) is 5.70. The van der Waals surface area contributed by atoms with Crippen LogP contribution in [0.2, 0.25) is 0 Å². The zero-order chi connectivity index (χ0) is 17.2. The monoisotopic (exact) mass is 389 g/mol. The molecule has 128 valence electrons. The first-order chi connectivity index (χ1) is 12.2. The molecule has 0 bridgehead atoms. The lowest BCUT2D eigenvalue weighted by atomic mass is 10.1. The Morgan fingerprint density at radius 3 is 2.96 bits per heavy atom. The van der Waals surface area contributed by atoms with Crippen LogP contribution in [0.15, 0.2) is 34.3 Å². The fourth-order valence-corrected chi connectivity index (χ4v) is 4.95. The Balaban J connectivity index is 1.36. The van der Waals surface area contributed by atoms with Crippen LogP contribution < -0.4 is 5.32 Å². The van der Waals surface area contributed by atoms with Crippen LogP contribution >= 0.6 is 34.0 Å². The van der Waals surface area contributed by atoms with Crippen molar-refractivity contribution in [3.05, 3.63) is 55.4 Å². The molecule has 4 rings (SSSR count). The number of rotatable bonds is 4. The summed E-state index contributed by atoms with van der Waals surface area (Å²) in [7, 11) is 0. The molecular weight excluding hydrogens is 374 g/mol. The minimum Gasteiger partial charge on any atom is -0.338 e. The maximum atomic E-state index is 12.5. The Kier molecular flexibility index (Phi) is 4.65. The van der Waals surface area contributed by atoms with Gasteiger partial charge < -0.3 is 4.90 Å². The summed E-state index contributed by atoms with van der Waals surface area (Å²) in [5, 5.41) is 9.09. The average molecular weight is 390 g/mol. The van der Waals surface area contributed by atoms with Crippen LogP contribution in [0.4, 0.5) is 5.13 Å². The van der Waals surface area contributed by atoms with Crippen LogP contribution in [-0.4, -0.2) is 28.2 Å². The highest BCUT2D eigenvalue weighted by Crippen LogP contribution is 2.25. The van der Waals surface area contributed by atoms with Gasteiger partial charge in [-0.05, 0) is 34.9 Å². The molecule has 0 saturated carbocycles. The van der Waals surface area contributed by atoms with E-state index in [-0.39, 0.29) is 18.2 Å². The molecule has 25 heavy (non-hydrogen) atoms. The zero-order valence-corrected chi connectivity index (χ0v) is 15.7. The highest BCUT2D eigenvalue weighted by Gasteiger charge is 2.22. The summed E-state index contributed by atoms with van der Waals surface area (Å²) >= 11 is 4.50. The summed E-state index contributed by atoms with van der Waals surface area (Å²) in [6.07, 6.45) is 1.20. The average Bonchev–Trinajstić information content (AvgIpc) is 3.35. The van der Waals surface area contributed by atoms with E-state index in [9.17, 15) is 9.59 Å². The molecule has 4 heterocycles. The summed E-state index contributed by atoms with van der Waals surface area (Å²) in [6.45, 7) is 1.45. The third-order valence-electron chi connectivity index (χ3n) is 4.01. The van der Waals surface area contributed by atoms with Crippen molar-refractivity contribution in [2.75, 3.05) is 11.9 Å². The number of thiophene rings is 2. The van der Waals surface area contributed by atoms with Gasteiger partial charge in [-0.2, -0.15) is 0 Å². The molecule has 8 heteroatoms. The highest BCUT2D eigenvalue weighted by atomic mass is 32.1. The zero-order valence-electron chi connectivity index (χ0n) is 13.2. The van der Waals surface area contributed by atoms with E-state index < -0.39 is 0 Å². The van der Waals surface area contributed by atoms with Gasteiger partial charge in [0, 0.05) is 23.3 Å². The first kappa shape index (κ1) is 16.4. The molecule has 0 spiro atoms. The van der Waals surface area contributed by atoms with Crippen LogP contribution in [0, 0.1) is 0 Å². The van der Waals surface area contributed by atoms with E-state index in [1.54, 1.807) is 17.4 Å². The molecule has 0 radical (unpaired) electrons. The third kappa shape index (κ3) is 3.65. The van der Waals surface area contributed by atoms with E-state index in [0.29, 0.717) is 22.2 Å². The first-order valence-corrected chi connectivity index (χ1v) is 10.5. The third-order valence-corrected chi connectivity index (χ3v) is 6.71. The first-order valence-electron chi connectivity index (χ1n) is 7.81. The Morgan fingerprint density at radius 1 is 1.20 bits per heavy atom. The molecule has 0 atom stereocenters. The summed E-state index contributed by atoms with van der Waals surface area (Å²) in [4.78, 5) is 32.9. The van der Waals surface area contributed by atoms with Crippen LogP contribution in [0.1, 0.15) is 25.8 Å². The van der Waals surface area contributed by atoms with Crippen molar-refractivity contribution in [3.8, 4) is 0 Å². The van der Waals surface area contributed by atoms with Gasteiger partial charge in [-0.15, -0.1) is 34.0 Å². The Bertz CT molecular complexity index is 898. The highest BCUT2D eigenvalue weighted by molar-refractivity contribution is 7.14. The van der Waals surface area contributed by atoms with E-state index in [4.69, 9.17) is 0 Å². The molecule has 1 aliphatic heterocycles. The maximum Gasteiger partial charge on any atom is 0.267 e. The predicted molar refractivity (Wildman–Crippen MR) is 102 cm³/mol. The molecule has 3 aromatic rings. The largest absolute Gasteiger partial charge is 0.338 e. The topological polar surface area (TPSA) is 62.3 Å².